The Morgan fingerprint density at radius 3 is 0.922 bits per heavy atom. The largest absolute Gasteiger partial charge is 0.744 e. The molecule has 15 nitrogen and oxygen atoms in total. The maximum Gasteiger partial charge on any atom is 0.294 e. The highest BCUT2D eigenvalue weighted by Gasteiger charge is 2.29. The highest BCUT2D eigenvalue weighted by atomic mass is 32.2. The predicted octanol–water partition coefficient (Wildman–Crippen LogP) is 8.22. The van der Waals surface area contributed by atoms with Crippen LogP contribution in [0.3, 0.4) is 0 Å². The van der Waals surface area contributed by atoms with Crippen LogP contribution in [-0.2, 0) is 50.6 Å². The lowest BCUT2D eigenvalue weighted by molar-refractivity contribution is 0.400. The first-order valence-corrected chi connectivity index (χ1v) is 27.2. The van der Waals surface area contributed by atoms with E-state index in [1.54, 1.807) is 48.5 Å². The average Bonchev–Trinajstić information content (AvgIpc) is 3.22. The third-order valence-electron chi connectivity index (χ3n) is 11.6. The zero-order valence-electron chi connectivity index (χ0n) is 34.7. The van der Waals surface area contributed by atoms with Gasteiger partial charge in [-0.05, 0) is 150 Å². The van der Waals surface area contributed by atoms with Gasteiger partial charge in [-0.2, -0.15) is 25.3 Å². The minimum absolute atomic E-state index is 0.220. The molecule has 0 fully saturated rings. The minimum atomic E-state index is -4.73. The molecule has 0 amide bonds. The van der Waals surface area contributed by atoms with Crippen molar-refractivity contribution in [2.24, 2.45) is 0 Å². The van der Waals surface area contributed by atoms with Gasteiger partial charge in [-0.1, -0.05) is 87.4 Å². The molecule has 0 radical (unpaired) electrons. The summed E-state index contributed by atoms with van der Waals surface area (Å²) in [7, 11) is -23.2. The predicted molar refractivity (Wildman–Crippen MR) is 235 cm³/mol. The van der Waals surface area contributed by atoms with E-state index in [9.17, 15) is 64.9 Å². The van der Waals surface area contributed by atoms with Gasteiger partial charge < -0.3 is 9.11 Å². The Morgan fingerprint density at radius 2 is 0.641 bits per heavy atom. The molecule has 5 unspecified atom stereocenters. The molecule has 5 aromatic rings. The van der Waals surface area contributed by atoms with E-state index in [0.717, 1.165) is 18.4 Å². The van der Waals surface area contributed by atoms with Crippen LogP contribution in [0.25, 0.3) is 0 Å². The molecule has 346 valence electrons. The molecule has 0 heterocycles. The van der Waals surface area contributed by atoms with E-state index in [0.29, 0.717) is 54.4 Å². The maximum absolute atomic E-state index is 12.1. The first-order chi connectivity index (χ1) is 29.7. The van der Waals surface area contributed by atoms with Crippen LogP contribution in [0.1, 0.15) is 116 Å². The third kappa shape index (κ3) is 13.8. The molecule has 0 saturated heterocycles. The second-order valence-electron chi connectivity index (χ2n) is 16.0. The Labute approximate surface area is 375 Å². The van der Waals surface area contributed by atoms with E-state index < -0.39 is 78.1 Å². The van der Waals surface area contributed by atoms with Crippen LogP contribution in [0.15, 0.2) is 146 Å². The molecule has 20 heteroatoms. The summed E-state index contributed by atoms with van der Waals surface area (Å²) >= 11 is 0. The Bertz CT molecular complexity index is 2940. The zero-order chi connectivity index (χ0) is 47.3. The lowest BCUT2D eigenvalue weighted by Crippen LogP contribution is -2.16. The monoisotopic (exact) mass is 976 g/mol. The normalized spacial score (nSPS) is 15.2. The quantitative estimate of drug-likeness (QED) is 0.0584. The molecule has 0 bridgehead atoms. The lowest BCUT2D eigenvalue weighted by atomic mass is 9.73. The Hall–Kier alpha value is -4.35. The van der Waals surface area contributed by atoms with Crippen molar-refractivity contribution in [3.8, 4) is 0 Å². The van der Waals surface area contributed by atoms with Gasteiger partial charge in [0.15, 0.2) is 0 Å². The number of unbranched alkanes of at least 4 members (excludes halogenated alkanes) is 1. The fourth-order valence-corrected chi connectivity index (χ4v) is 10.6. The second-order valence-corrected chi connectivity index (χ2v) is 23.0. The molecular formula is C44H48O15S5-2. The van der Waals surface area contributed by atoms with Gasteiger partial charge in [0.1, 0.15) is 20.2 Å². The van der Waals surface area contributed by atoms with E-state index in [1.165, 1.54) is 72.8 Å². The fraction of sp³-hybridized carbons (Fsp3) is 0.318. The van der Waals surface area contributed by atoms with E-state index in [1.807, 2.05) is 13.8 Å². The summed E-state index contributed by atoms with van der Waals surface area (Å²) in [6, 6.07) is 28.1. The van der Waals surface area contributed by atoms with Crippen molar-refractivity contribution in [3.63, 3.8) is 0 Å². The van der Waals surface area contributed by atoms with Crippen molar-refractivity contribution in [1.29, 1.82) is 0 Å². The molecule has 0 spiro atoms. The molecule has 5 atom stereocenters. The highest BCUT2D eigenvalue weighted by Crippen LogP contribution is 2.45. The van der Waals surface area contributed by atoms with Crippen molar-refractivity contribution in [3.05, 3.63) is 149 Å². The van der Waals surface area contributed by atoms with E-state index in [4.69, 9.17) is 0 Å². The summed E-state index contributed by atoms with van der Waals surface area (Å²) in [5, 5.41) is 0. The van der Waals surface area contributed by atoms with Crippen LogP contribution in [-0.4, -0.2) is 64.9 Å². The SMILES string of the molecule is CCCCC(CC(CC(CC(CC(C)c1ccc(S(=O)(=O)[O-])cc1)c1ccc(S(=O)(=O)O)cc1)c1ccc(S(=O)(=O)O)cc1)c1ccc(S(=O)(=O)O)cc1)c1ccc(S(=O)(=O)[O-])cc1. The van der Waals surface area contributed by atoms with Gasteiger partial charge in [0.05, 0.1) is 24.5 Å². The fourth-order valence-electron chi connectivity index (χ4n) is 8.18. The molecule has 0 aromatic heterocycles. The van der Waals surface area contributed by atoms with E-state index in [-0.39, 0.29) is 26.5 Å². The molecule has 5 rings (SSSR count). The third-order valence-corrected chi connectivity index (χ3v) is 15.9. The molecule has 0 aliphatic rings. The summed E-state index contributed by atoms with van der Waals surface area (Å²) < 4.78 is 172. The molecule has 0 saturated carbocycles. The van der Waals surface area contributed by atoms with Crippen molar-refractivity contribution < 1.29 is 64.9 Å². The standard InChI is InChI=1S/C44H50O15S5/c1-3-4-5-36(32-8-18-41(19-9-32)61(48,49)50)27-38(34-12-22-43(23-13-34)63(54,55)56)29-39(35-14-24-44(25-15-35)64(57,58)59)28-37(33-10-20-42(21-11-33)62(51,52)53)26-30(2)31-6-16-40(17-7-31)60(45,46)47/h6-25,30,36-39H,3-5,26-29H2,1-2H3,(H,45,46,47)(H,48,49,50)(H,51,52,53)(H,54,55,56)(H,57,58,59)/p-2. The summed E-state index contributed by atoms with van der Waals surface area (Å²) in [4.78, 5) is -1.85. The van der Waals surface area contributed by atoms with Crippen molar-refractivity contribution in [1.82, 2.24) is 0 Å². The van der Waals surface area contributed by atoms with E-state index in [2.05, 4.69) is 0 Å². The van der Waals surface area contributed by atoms with Gasteiger partial charge in [0.2, 0.25) is 0 Å². The lowest BCUT2D eigenvalue weighted by Gasteiger charge is -2.32. The van der Waals surface area contributed by atoms with Crippen LogP contribution < -0.4 is 0 Å². The summed E-state index contributed by atoms with van der Waals surface area (Å²) in [6.07, 6.45) is 3.62. The molecule has 3 N–H and O–H groups in total. The van der Waals surface area contributed by atoms with Crippen LogP contribution in [0.4, 0.5) is 0 Å². The number of benzene rings is 5. The van der Waals surface area contributed by atoms with Gasteiger partial charge in [-0.15, -0.1) is 0 Å². The van der Waals surface area contributed by atoms with Crippen LogP contribution in [0, 0.1) is 0 Å². The molecule has 5 aromatic carbocycles. The topological polar surface area (TPSA) is 278 Å². The second kappa shape index (κ2) is 20.4. The zero-order valence-corrected chi connectivity index (χ0v) is 38.7. The summed E-state index contributed by atoms with van der Waals surface area (Å²) in [5.41, 5.74) is 3.39. The Kier molecular flexibility index (Phi) is 16.2. The Balaban J connectivity index is 1.65. The molecular weight excluding hydrogens is 929 g/mol. The number of hydrogen-bond acceptors (Lipinski definition) is 12. The van der Waals surface area contributed by atoms with Gasteiger partial charge >= 0.3 is 0 Å². The summed E-state index contributed by atoms with van der Waals surface area (Å²) in [6.45, 7) is 3.89. The first kappa shape index (κ1) is 50.6. The van der Waals surface area contributed by atoms with E-state index >= 15 is 0 Å². The molecule has 0 aliphatic heterocycles. The van der Waals surface area contributed by atoms with Gasteiger partial charge in [-0.3, -0.25) is 13.7 Å². The first-order valence-electron chi connectivity index (χ1n) is 20.1. The molecule has 0 aliphatic carbocycles. The van der Waals surface area contributed by atoms with Crippen LogP contribution in [0.5, 0.6) is 0 Å². The smallest absolute Gasteiger partial charge is 0.294 e. The van der Waals surface area contributed by atoms with Gasteiger partial charge in [0, 0.05) is 0 Å². The highest BCUT2D eigenvalue weighted by molar-refractivity contribution is 7.86. The van der Waals surface area contributed by atoms with Crippen molar-refractivity contribution in [2.45, 2.75) is 113 Å². The van der Waals surface area contributed by atoms with Gasteiger partial charge in [-0.25, -0.2) is 16.8 Å². The van der Waals surface area contributed by atoms with Crippen molar-refractivity contribution >= 4 is 50.6 Å². The summed E-state index contributed by atoms with van der Waals surface area (Å²) in [5.74, 6) is -1.80. The average molecular weight is 977 g/mol. The van der Waals surface area contributed by atoms with Gasteiger partial charge in [0.25, 0.3) is 30.4 Å². The Morgan fingerprint density at radius 1 is 0.391 bits per heavy atom. The number of rotatable bonds is 21. The van der Waals surface area contributed by atoms with Crippen LogP contribution in [0.2, 0.25) is 0 Å². The minimum Gasteiger partial charge on any atom is -0.744 e. The maximum atomic E-state index is 12.1. The van der Waals surface area contributed by atoms with Crippen LogP contribution >= 0.6 is 0 Å². The number of hydrogen-bond donors (Lipinski definition) is 3. The molecule has 64 heavy (non-hydrogen) atoms. The van der Waals surface area contributed by atoms with Crippen molar-refractivity contribution in [2.75, 3.05) is 0 Å².